The third-order valence-corrected chi connectivity index (χ3v) is 6.27. The summed E-state index contributed by atoms with van der Waals surface area (Å²) in [6.45, 7) is 11.4. The smallest absolute Gasteiger partial charge is 0.0581 e. The number of rotatable bonds is 0. The molecule has 1 spiro atoms. The van der Waals surface area contributed by atoms with Crippen LogP contribution in [0.3, 0.4) is 0 Å². The average Bonchev–Trinajstić information content (AvgIpc) is 2.54. The minimum absolute atomic E-state index is 0.0686. The fourth-order valence-electron chi connectivity index (χ4n) is 5.59. The zero-order valence-corrected chi connectivity index (χ0v) is 10.8. The van der Waals surface area contributed by atoms with Crippen molar-refractivity contribution < 1.29 is 5.11 Å². The van der Waals surface area contributed by atoms with Crippen molar-refractivity contribution in [1.82, 2.24) is 0 Å². The highest BCUT2D eigenvalue weighted by atomic mass is 16.3. The maximum Gasteiger partial charge on any atom is 0.0581 e. The molecular weight excluding hydrogens is 196 g/mol. The zero-order chi connectivity index (χ0) is 11.7. The Balaban J connectivity index is 2.11. The second-order valence-electron chi connectivity index (χ2n) is 7.15. The average molecular weight is 220 g/mol. The lowest BCUT2D eigenvalue weighted by molar-refractivity contribution is 0.0300. The van der Waals surface area contributed by atoms with Gasteiger partial charge in [0, 0.05) is 0 Å². The van der Waals surface area contributed by atoms with Gasteiger partial charge in [-0.3, -0.25) is 0 Å². The van der Waals surface area contributed by atoms with E-state index in [-0.39, 0.29) is 11.5 Å². The van der Waals surface area contributed by atoms with Crippen LogP contribution in [-0.2, 0) is 0 Å². The summed E-state index contributed by atoms with van der Waals surface area (Å²) in [7, 11) is 0. The van der Waals surface area contributed by atoms with Crippen molar-refractivity contribution in [2.24, 2.45) is 28.6 Å². The molecule has 0 aromatic heterocycles. The molecule has 5 atom stereocenters. The van der Waals surface area contributed by atoms with Gasteiger partial charge in [-0.1, -0.05) is 32.9 Å². The van der Waals surface area contributed by atoms with E-state index in [1.165, 1.54) is 24.8 Å². The molecule has 16 heavy (non-hydrogen) atoms. The summed E-state index contributed by atoms with van der Waals surface area (Å²) >= 11 is 0. The first-order valence-corrected chi connectivity index (χ1v) is 6.75. The van der Waals surface area contributed by atoms with Crippen LogP contribution < -0.4 is 0 Å². The van der Waals surface area contributed by atoms with Crippen molar-refractivity contribution in [2.45, 2.75) is 52.6 Å². The van der Waals surface area contributed by atoms with E-state index in [1.807, 2.05) is 0 Å². The number of aliphatic hydroxyl groups excluding tert-OH is 1. The summed E-state index contributed by atoms with van der Waals surface area (Å²) in [6.07, 6.45) is 4.71. The Morgan fingerprint density at radius 1 is 1.38 bits per heavy atom. The number of hydrogen-bond acceptors (Lipinski definition) is 1. The van der Waals surface area contributed by atoms with Gasteiger partial charge in [0.15, 0.2) is 0 Å². The van der Waals surface area contributed by atoms with Gasteiger partial charge in [0.1, 0.15) is 0 Å². The molecule has 90 valence electrons. The van der Waals surface area contributed by atoms with Gasteiger partial charge in [0.05, 0.1) is 6.10 Å². The molecule has 0 aliphatic heterocycles. The van der Waals surface area contributed by atoms with E-state index >= 15 is 0 Å². The quantitative estimate of drug-likeness (QED) is 0.620. The van der Waals surface area contributed by atoms with E-state index < -0.39 is 0 Å². The van der Waals surface area contributed by atoms with Crippen LogP contribution in [-0.4, -0.2) is 11.2 Å². The van der Waals surface area contributed by atoms with Crippen LogP contribution in [0.4, 0.5) is 0 Å². The summed E-state index contributed by atoms with van der Waals surface area (Å²) in [6, 6.07) is 0. The molecule has 1 nitrogen and oxygen atoms in total. The summed E-state index contributed by atoms with van der Waals surface area (Å²) < 4.78 is 0. The van der Waals surface area contributed by atoms with Gasteiger partial charge in [-0.25, -0.2) is 0 Å². The molecule has 0 amide bonds. The van der Waals surface area contributed by atoms with Gasteiger partial charge in [-0.05, 0) is 54.3 Å². The van der Waals surface area contributed by atoms with E-state index in [0.29, 0.717) is 23.2 Å². The van der Waals surface area contributed by atoms with E-state index in [2.05, 4.69) is 27.4 Å². The molecule has 0 radical (unpaired) electrons. The molecule has 3 aliphatic carbocycles. The molecule has 1 heteroatoms. The van der Waals surface area contributed by atoms with Gasteiger partial charge in [0.2, 0.25) is 0 Å². The Labute approximate surface area is 98.9 Å². The van der Waals surface area contributed by atoms with Crippen LogP contribution >= 0.6 is 0 Å². The van der Waals surface area contributed by atoms with Gasteiger partial charge < -0.3 is 5.11 Å². The summed E-state index contributed by atoms with van der Waals surface area (Å²) in [5, 5.41) is 10.4. The van der Waals surface area contributed by atoms with Crippen LogP contribution in [0.2, 0.25) is 0 Å². The van der Waals surface area contributed by atoms with Crippen LogP contribution in [0.15, 0.2) is 12.2 Å². The highest BCUT2D eigenvalue weighted by molar-refractivity contribution is 5.24. The minimum atomic E-state index is -0.0686. The summed E-state index contributed by atoms with van der Waals surface area (Å²) in [5.41, 5.74) is 2.15. The highest BCUT2D eigenvalue weighted by Crippen LogP contribution is 2.72. The SMILES string of the molecule is C=C1CC[C@@]23C[C@H]1C(C)(C)[C@@H]2[C@@H](O)C[C@H]3C. The maximum atomic E-state index is 10.4. The molecule has 2 bridgehead atoms. The van der Waals surface area contributed by atoms with Crippen molar-refractivity contribution in [3.63, 3.8) is 0 Å². The molecule has 3 fully saturated rings. The fraction of sp³-hybridized carbons (Fsp3) is 0.867. The topological polar surface area (TPSA) is 20.2 Å². The first-order chi connectivity index (χ1) is 7.39. The Bertz CT molecular complexity index is 343. The lowest BCUT2D eigenvalue weighted by Crippen LogP contribution is -2.35. The predicted octanol–water partition coefficient (Wildman–Crippen LogP) is 3.39. The van der Waals surface area contributed by atoms with Crippen molar-refractivity contribution >= 4 is 0 Å². The molecule has 3 aliphatic rings. The molecule has 0 heterocycles. The maximum absolute atomic E-state index is 10.4. The lowest BCUT2D eigenvalue weighted by atomic mass is 9.67. The standard InChI is InChI=1S/C15H24O/c1-9-5-6-15-8-11(9)14(3,4)13(15)12(16)7-10(15)2/h10-13,16H,1,5-8H2,2-4H3/t10-,11-,12+,13+,15+/m1/s1. The minimum Gasteiger partial charge on any atom is -0.393 e. The van der Waals surface area contributed by atoms with E-state index in [4.69, 9.17) is 0 Å². The fourth-order valence-corrected chi connectivity index (χ4v) is 5.59. The molecule has 0 unspecified atom stereocenters. The van der Waals surface area contributed by atoms with Crippen molar-refractivity contribution in [1.29, 1.82) is 0 Å². The molecule has 1 N–H and O–H groups in total. The third-order valence-electron chi connectivity index (χ3n) is 6.27. The Morgan fingerprint density at radius 3 is 2.75 bits per heavy atom. The van der Waals surface area contributed by atoms with Crippen molar-refractivity contribution in [3.8, 4) is 0 Å². The molecular formula is C15H24O. The third kappa shape index (κ3) is 1.01. The van der Waals surface area contributed by atoms with Crippen LogP contribution in [0.25, 0.3) is 0 Å². The predicted molar refractivity (Wildman–Crippen MR) is 66.0 cm³/mol. The van der Waals surface area contributed by atoms with E-state index in [9.17, 15) is 5.11 Å². The van der Waals surface area contributed by atoms with Crippen LogP contribution in [0, 0.1) is 28.6 Å². The van der Waals surface area contributed by atoms with E-state index in [0.717, 1.165) is 6.42 Å². The molecule has 0 saturated heterocycles. The molecule has 0 aromatic carbocycles. The monoisotopic (exact) mass is 220 g/mol. The number of hydrogen-bond donors (Lipinski definition) is 1. The molecule has 3 saturated carbocycles. The lowest BCUT2D eigenvalue weighted by Gasteiger charge is -2.38. The van der Waals surface area contributed by atoms with Gasteiger partial charge in [-0.2, -0.15) is 0 Å². The number of aliphatic hydroxyl groups is 1. The Morgan fingerprint density at radius 2 is 2.06 bits per heavy atom. The Kier molecular flexibility index (Phi) is 1.98. The van der Waals surface area contributed by atoms with Gasteiger partial charge >= 0.3 is 0 Å². The second-order valence-corrected chi connectivity index (χ2v) is 7.15. The largest absolute Gasteiger partial charge is 0.393 e. The zero-order valence-electron chi connectivity index (χ0n) is 10.8. The van der Waals surface area contributed by atoms with Gasteiger partial charge in [0.25, 0.3) is 0 Å². The second kappa shape index (κ2) is 2.93. The first-order valence-electron chi connectivity index (χ1n) is 6.75. The Hall–Kier alpha value is -0.300. The summed E-state index contributed by atoms with van der Waals surface area (Å²) in [5.74, 6) is 1.87. The van der Waals surface area contributed by atoms with Gasteiger partial charge in [-0.15, -0.1) is 0 Å². The molecule has 0 aromatic rings. The number of allylic oxidation sites excluding steroid dienone is 1. The van der Waals surface area contributed by atoms with Crippen molar-refractivity contribution in [3.05, 3.63) is 12.2 Å². The first kappa shape index (κ1) is 10.8. The molecule has 3 rings (SSSR count). The highest BCUT2D eigenvalue weighted by Gasteiger charge is 2.66. The normalized spacial score (nSPS) is 54.1. The van der Waals surface area contributed by atoms with Crippen LogP contribution in [0.5, 0.6) is 0 Å². The van der Waals surface area contributed by atoms with Crippen LogP contribution in [0.1, 0.15) is 46.5 Å². The summed E-state index contributed by atoms with van der Waals surface area (Å²) in [4.78, 5) is 0. The van der Waals surface area contributed by atoms with Crippen molar-refractivity contribution in [2.75, 3.05) is 0 Å². The number of fused-ring (bicyclic) bond motifs is 1. The van der Waals surface area contributed by atoms with E-state index in [1.54, 1.807) is 0 Å².